The second-order valence-corrected chi connectivity index (χ2v) is 7.53. The maximum atomic E-state index is 6.41. The third kappa shape index (κ3) is 4.51. The van der Waals surface area contributed by atoms with E-state index in [0.29, 0.717) is 30.0 Å². The van der Waals surface area contributed by atoms with E-state index in [1.54, 1.807) is 24.2 Å². The number of anilines is 2. The van der Waals surface area contributed by atoms with Crippen molar-refractivity contribution in [3.63, 3.8) is 0 Å². The van der Waals surface area contributed by atoms with Gasteiger partial charge >= 0.3 is 0 Å². The van der Waals surface area contributed by atoms with Crippen LogP contribution in [0.1, 0.15) is 32.4 Å². The van der Waals surface area contributed by atoms with Gasteiger partial charge in [0.05, 0.1) is 35.2 Å². The van der Waals surface area contributed by atoms with Gasteiger partial charge < -0.3 is 15.4 Å². The zero-order chi connectivity index (χ0) is 20.1. The van der Waals surface area contributed by atoms with E-state index in [1.807, 2.05) is 26.2 Å². The van der Waals surface area contributed by atoms with Crippen LogP contribution in [-0.2, 0) is 10.3 Å². The fourth-order valence-electron chi connectivity index (χ4n) is 3.09. The molecule has 0 unspecified atom stereocenters. The van der Waals surface area contributed by atoms with Crippen LogP contribution >= 0.6 is 23.5 Å². The van der Waals surface area contributed by atoms with Crippen LogP contribution in [0.2, 0.25) is 5.02 Å². The molecule has 0 aromatic carbocycles. The Morgan fingerprint density at radius 2 is 1.93 bits per heavy atom. The molecule has 0 amide bonds. The lowest BCUT2D eigenvalue weighted by Gasteiger charge is -2.28. The number of nitrogens with one attached hydrogen (secondary N) is 1. The van der Waals surface area contributed by atoms with Crippen molar-refractivity contribution in [1.29, 1.82) is 0 Å². The van der Waals surface area contributed by atoms with E-state index in [-0.39, 0.29) is 5.54 Å². The molecule has 0 atom stereocenters. The van der Waals surface area contributed by atoms with Crippen molar-refractivity contribution >= 4 is 35.3 Å². The van der Waals surface area contributed by atoms with Gasteiger partial charge in [-0.15, -0.1) is 0 Å². The predicted molar refractivity (Wildman–Crippen MR) is 117 cm³/mol. The molecule has 3 heterocycles. The summed E-state index contributed by atoms with van der Waals surface area (Å²) >= 11 is 8.03. The van der Waals surface area contributed by atoms with Crippen molar-refractivity contribution in [3.8, 4) is 11.3 Å². The fraction of sp³-hybridized carbons (Fsp3) is 0.526. The average Bonchev–Trinajstić information content (AvgIpc) is 3.51. The second kappa shape index (κ2) is 9.26. The molecule has 4 rings (SSSR count). The van der Waals surface area contributed by atoms with Crippen LogP contribution < -0.4 is 15.4 Å². The smallest absolute Gasteiger partial charge is 0.226 e. The number of hydrogen-bond donors (Lipinski definition) is 2. The first-order chi connectivity index (χ1) is 13.6. The van der Waals surface area contributed by atoms with E-state index in [9.17, 15) is 0 Å². The number of ether oxygens (including phenoxy) is 1. The van der Waals surface area contributed by atoms with Crippen molar-refractivity contribution in [2.45, 2.75) is 32.2 Å². The van der Waals surface area contributed by atoms with Gasteiger partial charge in [0.25, 0.3) is 0 Å². The van der Waals surface area contributed by atoms with Crippen molar-refractivity contribution in [2.24, 2.45) is 0 Å². The first-order valence-electron chi connectivity index (χ1n) is 9.55. The van der Waals surface area contributed by atoms with Crippen LogP contribution in [0.4, 0.5) is 11.8 Å². The molecule has 9 heteroatoms. The van der Waals surface area contributed by atoms with E-state index < -0.39 is 0 Å². The fourth-order valence-corrected chi connectivity index (χ4v) is 4.04. The summed E-state index contributed by atoms with van der Waals surface area (Å²) in [6.45, 7) is 6.92. The average molecular weight is 423 g/mol. The molecule has 2 fully saturated rings. The Morgan fingerprint density at radius 3 is 2.54 bits per heavy atom. The predicted octanol–water partition coefficient (Wildman–Crippen LogP) is 3.49. The lowest BCUT2D eigenvalue weighted by molar-refractivity contribution is 0.122. The zero-order valence-corrected chi connectivity index (χ0v) is 18.1. The molecule has 1 aliphatic carbocycles. The Balaban J connectivity index is 0.00000109. The number of nitrogens with two attached hydrogens (primary N) is 1. The third-order valence-corrected chi connectivity index (χ3v) is 5.60. The van der Waals surface area contributed by atoms with Gasteiger partial charge in [0.1, 0.15) is 5.82 Å². The van der Waals surface area contributed by atoms with E-state index in [1.165, 1.54) is 0 Å². The van der Waals surface area contributed by atoms with Crippen LogP contribution in [0.3, 0.4) is 0 Å². The highest BCUT2D eigenvalue weighted by Gasteiger charge is 2.46. The minimum Gasteiger partial charge on any atom is -0.384 e. The van der Waals surface area contributed by atoms with Gasteiger partial charge in [-0.3, -0.25) is 4.72 Å². The minimum atomic E-state index is -0.0914. The van der Waals surface area contributed by atoms with Crippen LogP contribution in [0.25, 0.3) is 11.3 Å². The summed E-state index contributed by atoms with van der Waals surface area (Å²) in [7, 11) is 0. The van der Waals surface area contributed by atoms with Crippen molar-refractivity contribution in [2.75, 3.05) is 43.2 Å². The van der Waals surface area contributed by atoms with Gasteiger partial charge in [0.2, 0.25) is 5.95 Å². The monoisotopic (exact) mass is 422 g/mol. The molecular weight excluding hydrogens is 396 g/mol. The van der Waals surface area contributed by atoms with Crippen LogP contribution in [0.5, 0.6) is 0 Å². The Labute approximate surface area is 175 Å². The number of nitrogens with zero attached hydrogens (tertiary/aromatic N) is 4. The van der Waals surface area contributed by atoms with Crippen LogP contribution in [0.15, 0.2) is 18.3 Å². The molecule has 3 N–H and O–H groups in total. The number of halogens is 1. The summed E-state index contributed by atoms with van der Waals surface area (Å²) in [5, 5.41) is 0.540. The first-order valence-corrected chi connectivity index (χ1v) is 11.2. The summed E-state index contributed by atoms with van der Waals surface area (Å²) in [6, 6.07) is 3.67. The molecule has 1 saturated carbocycles. The summed E-state index contributed by atoms with van der Waals surface area (Å²) in [6.07, 6.45) is 5.82. The normalized spacial score (nSPS) is 17.6. The first kappa shape index (κ1) is 21.1. The molecule has 1 aliphatic heterocycles. The third-order valence-electron chi connectivity index (χ3n) is 4.70. The Morgan fingerprint density at radius 1 is 1.21 bits per heavy atom. The Kier molecular flexibility index (Phi) is 6.98. The maximum Gasteiger partial charge on any atom is 0.226 e. The van der Waals surface area contributed by atoms with Gasteiger partial charge in [0.15, 0.2) is 0 Å². The number of nitrogen functional groups attached to an aromatic ring is 1. The van der Waals surface area contributed by atoms with Crippen molar-refractivity contribution in [1.82, 2.24) is 19.7 Å². The molecule has 1 saturated heterocycles. The lowest BCUT2D eigenvalue weighted by Crippen LogP contribution is -2.38. The molecule has 28 heavy (non-hydrogen) atoms. The highest BCUT2D eigenvalue weighted by Crippen LogP contribution is 2.47. The number of hydrogen-bond acceptors (Lipinski definition) is 8. The summed E-state index contributed by atoms with van der Waals surface area (Å²) in [5.74, 6) is 1.10. The molecule has 152 valence electrons. The topological polar surface area (TPSA) is 89.2 Å². The summed E-state index contributed by atoms with van der Waals surface area (Å²) < 4.78 is 8.96. The summed E-state index contributed by atoms with van der Waals surface area (Å²) in [4.78, 5) is 16.0. The van der Waals surface area contributed by atoms with Gasteiger partial charge in [-0.1, -0.05) is 37.4 Å². The molecule has 0 bridgehead atoms. The SMILES string of the molecule is CC.CSNC1(c2cc(-c3cnc(N)cc3Cl)nc(N3CCOCC3)n2)CC1. The molecule has 2 aromatic rings. The summed E-state index contributed by atoms with van der Waals surface area (Å²) in [5.41, 5.74) is 8.17. The quantitative estimate of drug-likeness (QED) is 0.707. The highest BCUT2D eigenvalue weighted by molar-refractivity contribution is 7.96. The van der Waals surface area contributed by atoms with Gasteiger partial charge in [-0.2, -0.15) is 0 Å². The Bertz CT molecular complexity index is 811. The van der Waals surface area contributed by atoms with Crippen molar-refractivity contribution in [3.05, 3.63) is 29.0 Å². The van der Waals surface area contributed by atoms with Crippen molar-refractivity contribution < 1.29 is 4.74 Å². The molecule has 0 spiro atoms. The maximum absolute atomic E-state index is 6.41. The van der Waals surface area contributed by atoms with Gasteiger partial charge in [-0.05, 0) is 31.2 Å². The molecule has 2 aliphatic rings. The largest absolute Gasteiger partial charge is 0.384 e. The van der Waals surface area contributed by atoms with E-state index >= 15 is 0 Å². The molecular formula is C19H27ClN6OS. The highest BCUT2D eigenvalue weighted by atomic mass is 35.5. The lowest BCUT2D eigenvalue weighted by atomic mass is 10.1. The van der Waals surface area contributed by atoms with E-state index in [2.05, 4.69) is 14.6 Å². The van der Waals surface area contributed by atoms with Gasteiger partial charge in [0, 0.05) is 24.8 Å². The van der Waals surface area contributed by atoms with Gasteiger partial charge in [-0.25, -0.2) is 15.0 Å². The molecule has 7 nitrogen and oxygen atoms in total. The number of pyridine rings is 1. The minimum absolute atomic E-state index is 0.0914. The van der Waals surface area contributed by atoms with E-state index in [0.717, 1.165) is 42.9 Å². The number of morpholine rings is 1. The van der Waals surface area contributed by atoms with Crippen LogP contribution in [0, 0.1) is 0 Å². The molecule has 0 radical (unpaired) electrons. The number of rotatable bonds is 5. The standard InChI is InChI=1S/C17H21ClN6OS.C2H6/c1-26-23-17(2-3-17)14-9-13(11-10-20-15(19)8-12(11)18)21-16(22-14)24-4-6-25-7-5-24;1-2/h8-10,23H,2-7H2,1H3,(H2,19,20);1-2H3. The Hall–Kier alpha value is -1.61. The molecule has 2 aromatic heterocycles. The number of aromatic nitrogens is 3. The zero-order valence-electron chi connectivity index (χ0n) is 16.5. The van der Waals surface area contributed by atoms with E-state index in [4.69, 9.17) is 32.0 Å². The second-order valence-electron chi connectivity index (χ2n) is 6.52. The van der Waals surface area contributed by atoms with Crippen LogP contribution in [-0.4, -0.2) is 47.5 Å².